The normalized spacial score (nSPS) is 22.2. The quantitative estimate of drug-likeness (QED) is 0.282. The third-order valence-corrected chi connectivity index (χ3v) is 5.01. The predicted molar refractivity (Wildman–Crippen MR) is 87.6 cm³/mol. The zero-order valence-corrected chi connectivity index (χ0v) is 13.6. The molecule has 1 fully saturated rings. The van der Waals surface area contributed by atoms with Crippen LogP contribution in [0.5, 0.6) is 5.75 Å². The molecule has 1 aromatic rings. The van der Waals surface area contributed by atoms with Gasteiger partial charge in [-0.15, -0.1) is 0 Å². The van der Waals surface area contributed by atoms with Gasteiger partial charge in [-0.05, 0) is 26.0 Å². The van der Waals surface area contributed by atoms with Gasteiger partial charge in [0.1, 0.15) is 14.8 Å². The van der Waals surface area contributed by atoms with Crippen LogP contribution in [-0.4, -0.2) is 45.2 Å². The molecule has 1 aliphatic heterocycles. The van der Waals surface area contributed by atoms with Gasteiger partial charge in [-0.3, -0.25) is 0 Å². The molecule has 1 aromatic carbocycles. The Morgan fingerprint density at radius 3 is 2.65 bits per heavy atom. The number of hydrogen-bond donors (Lipinski definition) is 0. The minimum atomic E-state index is -0.329. The minimum absolute atomic E-state index is 0.258. The molecule has 0 N–H and O–H groups in total. The van der Waals surface area contributed by atoms with Crippen molar-refractivity contribution >= 4 is 34.5 Å². The first-order chi connectivity index (χ1) is 9.36. The van der Waals surface area contributed by atoms with E-state index in [0.717, 1.165) is 14.6 Å². The lowest BCUT2D eigenvalue weighted by molar-refractivity contribution is -0.522. The Morgan fingerprint density at radius 1 is 1.45 bits per heavy atom. The van der Waals surface area contributed by atoms with Crippen LogP contribution in [0.15, 0.2) is 24.3 Å². The number of para-hydroxylation sites is 1. The molecule has 0 amide bonds. The van der Waals surface area contributed by atoms with Crippen molar-refractivity contribution in [2.75, 3.05) is 14.2 Å². The summed E-state index contributed by atoms with van der Waals surface area (Å²) in [6, 6.07) is 7.45. The van der Waals surface area contributed by atoms with Crippen LogP contribution in [0.25, 0.3) is 0 Å². The van der Waals surface area contributed by atoms with E-state index in [2.05, 4.69) is 0 Å². The third kappa shape index (κ3) is 2.76. The third-order valence-electron chi connectivity index (χ3n) is 3.27. The summed E-state index contributed by atoms with van der Waals surface area (Å²) in [5.74, 6) is 0.682. The van der Waals surface area contributed by atoms with E-state index < -0.39 is 0 Å². The summed E-state index contributed by atoms with van der Waals surface area (Å²) < 4.78 is 6.72. The van der Waals surface area contributed by atoms with Crippen molar-refractivity contribution in [3.05, 3.63) is 35.0 Å². The topological polar surface area (TPSA) is 38.5 Å². The van der Waals surface area contributed by atoms with Crippen molar-refractivity contribution in [1.82, 2.24) is 4.90 Å². The van der Waals surface area contributed by atoms with Crippen LogP contribution in [0.2, 0.25) is 0 Å². The maximum absolute atomic E-state index is 12.5. The van der Waals surface area contributed by atoms with Crippen molar-refractivity contribution in [2.24, 2.45) is 0 Å². The molecule has 6 heteroatoms. The second-order valence-corrected chi connectivity index (χ2v) is 7.48. The van der Waals surface area contributed by atoms with Crippen LogP contribution in [0, 0.1) is 5.21 Å². The highest BCUT2D eigenvalue weighted by Crippen LogP contribution is 2.40. The number of thioether (sulfide) groups is 1. The van der Waals surface area contributed by atoms with Crippen molar-refractivity contribution in [3.63, 3.8) is 0 Å². The van der Waals surface area contributed by atoms with Crippen LogP contribution >= 0.6 is 24.0 Å². The van der Waals surface area contributed by atoms with Gasteiger partial charge in [0, 0.05) is 7.05 Å². The standard InChI is InChI=1S/C14H18N2O2S2/c1-14(2)12(15(3)13(19)20-14)16(17)9-10-7-5-6-8-11(10)18-4/h5-9,12H,1-4H3/b16-9-. The highest BCUT2D eigenvalue weighted by atomic mass is 32.2. The molecule has 0 bridgehead atoms. The first-order valence-corrected chi connectivity index (χ1v) is 7.48. The largest absolute Gasteiger partial charge is 0.622 e. The van der Waals surface area contributed by atoms with E-state index in [1.165, 1.54) is 0 Å². The predicted octanol–water partition coefficient (Wildman–Crippen LogP) is 2.69. The lowest BCUT2D eigenvalue weighted by Gasteiger charge is -2.27. The molecule has 0 radical (unpaired) electrons. The van der Waals surface area contributed by atoms with Gasteiger partial charge in [-0.1, -0.05) is 36.1 Å². The molecule has 2 rings (SSSR count). The Labute approximate surface area is 129 Å². The first kappa shape index (κ1) is 15.1. The van der Waals surface area contributed by atoms with Crippen LogP contribution in [0.3, 0.4) is 0 Å². The molecule has 0 aromatic heterocycles. The Bertz CT molecular complexity index is 558. The summed E-state index contributed by atoms with van der Waals surface area (Å²) in [5.41, 5.74) is 0.761. The summed E-state index contributed by atoms with van der Waals surface area (Å²) in [4.78, 5) is 1.85. The van der Waals surface area contributed by atoms with E-state index >= 15 is 0 Å². The SMILES string of the molecule is COc1ccccc1/C=[N+](\[O-])C1N(C)C(=S)SC1(C)C. The molecular weight excluding hydrogens is 292 g/mol. The van der Waals surface area contributed by atoms with Gasteiger partial charge >= 0.3 is 0 Å². The van der Waals surface area contributed by atoms with E-state index in [1.807, 2.05) is 50.1 Å². The number of benzene rings is 1. The molecule has 20 heavy (non-hydrogen) atoms. The van der Waals surface area contributed by atoms with Crippen LogP contribution in [0.4, 0.5) is 0 Å². The molecule has 1 saturated heterocycles. The molecule has 1 unspecified atom stereocenters. The van der Waals surface area contributed by atoms with Gasteiger partial charge in [0.15, 0.2) is 6.21 Å². The lowest BCUT2D eigenvalue weighted by Crippen LogP contribution is -2.46. The zero-order chi connectivity index (χ0) is 14.9. The fourth-order valence-electron chi connectivity index (χ4n) is 2.37. The summed E-state index contributed by atoms with van der Waals surface area (Å²) in [6.07, 6.45) is 1.24. The van der Waals surface area contributed by atoms with Crippen LogP contribution in [0.1, 0.15) is 19.4 Å². The van der Waals surface area contributed by atoms with E-state index in [1.54, 1.807) is 25.1 Å². The molecule has 0 aliphatic carbocycles. The Kier molecular flexibility index (Phi) is 4.25. The fourth-order valence-corrected chi connectivity index (χ4v) is 4.18. The smallest absolute Gasteiger partial charge is 0.254 e. The number of hydroxylamine groups is 1. The van der Waals surface area contributed by atoms with Crippen molar-refractivity contribution in [2.45, 2.75) is 24.8 Å². The fraction of sp³-hybridized carbons (Fsp3) is 0.429. The number of hydrogen-bond acceptors (Lipinski definition) is 4. The molecule has 1 atom stereocenters. The minimum Gasteiger partial charge on any atom is -0.622 e. The summed E-state index contributed by atoms with van der Waals surface area (Å²) in [6.45, 7) is 4.05. The van der Waals surface area contributed by atoms with Gasteiger partial charge in [-0.25, -0.2) is 0 Å². The molecule has 1 aliphatic rings. The maximum Gasteiger partial charge on any atom is 0.254 e. The molecule has 0 spiro atoms. The van der Waals surface area contributed by atoms with Crippen molar-refractivity contribution in [1.29, 1.82) is 0 Å². The van der Waals surface area contributed by atoms with Crippen molar-refractivity contribution in [3.8, 4) is 5.75 Å². The molecule has 0 saturated carbocycles. The Morgan fingerprint density at radius 2 is 2.10 bits per heavy atom. The number of thiocarbonyl (C=S) groups is 1. The van der Waals surface area contributed by atoms with Gasteiger partial charge in [0.25, 0.3) is 6.17 Å². The van der Waals surface area contributed by atoms with E-state index in [4.69, 9.17) is 17.0 Å². The number of methoxy groups -OCH3 is 1. The highest BCUT2D eigenvalue weighted by Gasteiger charge is 2.48. The van der Waals surface area contributed by atoms with E-state index in [-0.39, 0.29) is 10.9 Å². The zero-order valence-electron chi connectivity index (χ0n) is 12.0. The lowest BCUT2D eigenvalue weighted by atomic mass is 10.1. The van der Waals surface area contributed by atoms with Crippen molar-refractivity contribution < 1.29 is 9.48 Å². The summed E-state index contributed by atoms with van der Waals surface area (Å²) >= 11 is 6.84. The van der Waals surface area contributed by atoms with E-state index in [9.17, 15) is 5.21 Å². The number of rotatable bonds is 3. The van der Waals surface area contributed by atoms with Crippen LogP contribution in [-0.2, 0) is 0 Å². The molecule has 108 valence electrons. The monoisotopic (exact) mass is 310 g/mol. The summed E-state index contributed by atoms with van der Waals surface area (Å²) in [5, 5.41) is 12.5. The van der Waals surface area contributed by atoms with Gasteiger partial charge < -0.3 is 14.8 Å². The number of nitrogens with zero attached hydrogens (tertiary/aromatic N) is 2. The average Bonchev–Trinajstić information content (AvgIpc) is 2.58. The average molecular weight is 310 g/mol. The van der Waals surface area contributed by atoms with Gasteiger partial charge in [-0.2, -0.15) is 4.74 Å². The van der Waals surface area contributed by atoms with Crippen LogP contribution < -0.4 is 4.74 Å². The Hall–Kier alpha value is -1.27. The summed E-state index contributed by atoms with van der Waals surface area (Å²) in [7, 11) is 3.45. The first-order valence-electron chi connectivity index (χ1n) is 6.26. The molecule has 4 nitrogen and oxygen atoms in total. The molecule has 1 heterocycles. The van der Waals surface area contributed by atoms with Gasteiger partial charge in [0.05, 0.1) is 12.7 Å². The maximum atomic E-state index is 12.5. The molecular formula is C14H18N2O2S2. The highest BCUT2D eigenvalue weighted by molar-refractivity contribution is 8.24. The van der Waals surface area contributed by atoms with Gasteiger partial charge in [0.2, 0.25) is 0 Å². The van der Waals surface area contributed by atoms with E-state index in [0.29, 0.717) is 5.75 Å². The second-order valence-electron chi connectivity index (χ2n) is 5.19. The second kappa shape index (κ2) is 5.61. The number of ether oxygens (including phenoxy) is 1. The Balaban J connectivity index is 2.37.